The fraction of sp³-hybridized carbons (Fsp3) is 0.750. The topological polar surface area (TPSA) is 0 Å². The van der Waals surface area contributed by atoms with Crippen molar-refractivity contribution in [3.8, 4) is 0 Å². The predicted molar refractivity (Wildman–Crippen MR) is 28.4 cm³/mol. The maximum atomic E-state index is 3.96. The Balaban J connectivity index is 0. The second-order valence-electron chi connectivity index (χ2n) is 0.931. The number of unbranched alkanes of at least 4 members (excludes halogenated alkanes) is 1. The normalized spacial score (nSPS) is 7.00. The van der Waals surface area contributed by atoms with Gasteiger partial charge in [-0.2, -0.15) is 12.6 Å². The molecule has 0 unspecified atom stereocenters. The van der Waals surface area contributed by atoms with Crippen LogP contribution in [0, 0.1) is 6.92 Å². The third-order valence-electron chi connectivity index (χ3n) is 0.408. The van der Waals surface area contributed by atoms with Gasteiger partial charge in [-0.1, -0.05) is 13.3 Å². The maximum Gasteiger partial charge on any atom is 0 e. The predicted octanol–water partition coefficient (Wildman–Crippen LogP) is 1.53. The standard InChI is InChI=1S/C4H9S.Zn/c1-2-3-4-5;/h5H,1-4H2;. The minimum absolute atomic E-state index is 0. The molecule has 0 aliphatic heterocycles. The summed E-state index contributed by atoms with van der Waals surface area (Å²) in [6.45, 7) is 3.63. The molecule has 0 amide bonds. The number of thiol groups is 1. The Bertz CT molecular complexity index is 15.0. The zero-order valence-electron chi connectivity index (χ0n) is 3.98. The van der Waals surface area contributed by atoms with E-state index in [1.807, 2.05) is 0 Å². The quantitative estimate of drug-likeness (QED) is 0.453. The Labute approximate surface area is 57.9 Å². The average molecular weight is 155 g/mol. The molecule has 0 heterocycles. The number of hydrogen-bond acceptors (Lipinski definition) is 1. The van der Waals surface area contributed by atoms with Crippen LogP contribution in [0.3, 0.4) is 0 Å². The molecule has 0 saturated carbocycles. The Morgan fingerprint density at radius 3 is 2.00 bits per heavy atom. The molecule has 0 aromatic carbocycles. The van der Waals surface area contributed by atoms with Gasteiger partial charge in [0.2, 0.25) is 0 Å². The summed E-state index contributed by atoms with van der Waals surface area (Å²) >= 11 is 3.96. The van der Waals surface area contributed by atoms with Gasteiger partial charge in [0.05, 0.1) is 0 Å². The molecule has 0 aliphatic carbocycles. The first-order valence-electron chi connectivity index (χ1n) is 1.82. The molecule has 0 spiro atoms. The van der Waals surface area contributed by atoms with Crippen LogP contribution in [0.5, 0.6) is 0 Å². The second-order valence-corrected chi connectivity index (χ2v) is 1.38. The van der Waals surface area contributed by atoms with Crippen LogP contribution in [0.15, 0.2) is 0 Å². The van der Waals surface area contributed by atoms with Gasteiger partial charge in [-0.05, 0) is 12.2 Å². The molecule has 6 heavy (non-hydrogen) atoms. The van der Waals surface area contributed by atoms with Crippen LogP contribution >= 0.6 is 12.6 Å². The van der Waals surface area contributed by atoms with Crippen LogP contribution in [0.2, 0.25) is 0 Å². The summed E-state index contributed by atoms with van der Waals surface area (Å²) < 4.78 is 0. The van der Waals surface area contributed by atoms with E-state index in [9.17, 15) is 0 Å². The molecule has 0 aromatic heterocycles. The smallest absolute Gasteiger partial charge is 0 e. The van der Waals surface area contributed by atoms with E-state index in [0.29, 0.717) is 0 Å². The molecule has 0 fully saturated rings. The maximum absolute atomic E-state index is 3.96. The Kier molecular flexibility index (Phi) is 15.7. The summed E-state index contributed by atoms with van der Waals surface area (Å²) in [5.41, 5.74) is 0. The third-order valence-corrected chi connectivity index (χ3v) is 0.724. The second kappa shape index (κ2) is 9.36. The largest absolute Gasteiger partial charge is 0.179 e. The third kappa shape index (κ3) is 8.88. The first kappa shape index (κ1) is 10.1. The van der Waals surface area contributed by atoms with Crippen molar-refractivity contribution in [2.45, 2.75) is 12.8 Å². The van der Waals surface area contributed by atoms with Crippen molar-refractivity contribution in [3.05, 3.63) is 6.92 Å². The monoisotopic (exact) mass is 153 g/mol. The average Bonchev–Trinajstić information content (AvgIpc) is 1.41. The van der Waals surface area contributed by atoms with E-state index in [4.69, 9.17) is 0 Å². The van der Waals surface area contributed by atoms with Crippen molar-refractivity contribution < 1.29 is 19.5 Å². The van der Waals surface area contributed by atoms with Gasteiger partial charge in [0.1, 0.15) is 0 Å². The van der Waals surface area contributed by atoms with Crippen molar-refractivity contribution in [2.75, 3.05) is 5.75 Å². The molecule has 0 nitrogen and oxygen atoms in total. The number of rotatable bonds is 2. The molecular formula is C4H9SZn. The van der Waals surface area contributed by atoms with Gasteiger partial charge in [0.15, 0.2) is 0 Å². The van der Waals surface area contributed by atoms with E-state index in [0.717, 1.165) is 18.6 Å². The van der Waals surface area contributed by atoms with E-state index in [1.54, 1.807) is 0 Å². The van der Waals surface area contributed by atoms with Gasteiger partial charge < -0.3 is 0 Å². The van der Waals surface area contributed by atoms with Gasteiger partial charge in [-0.15, -0.1) is 0 Å². The summed E-state index contributed by atoms with van der Waals surface area (Å²) in [5.74, 6) is 0.976. The van der Waals surface area contributed by atoms with E-state index >= 15 is 0 Å². The van der Waals surface area contributed by atoms with Crippen molar-refractivity contribution in [3.63, 3.8) is 0 Å². The fourth-order valence-electron chi connectivity index (χ4n) is 0.112. The summed E-state index contributed by atoms with van der Waals surface area (Å²) in [7, 11) is 0. The van der Waals surface area contributed by atoms with Gasteiger partial charge in [-0.25, -0.2) is 0 Å². The van der Waals surface area contributed by atoms with Crippen molar-refractivity contribution in [2.24, 2.45) is 0 Å². The van der Waals surface area contributed by atoms with E-state index in [2.05, 4.69) is 19.6 Å². The first-order valence-corrected chi connectivity index (χ1v) is 2.45. The SMILES string of the molecule is [CH2]CCCS.[Zn]. The summed E-state index contributed by atoms with van der Waals surface area (Å²) in [6.07, 6.45) is 2.16. The fourth-order valence-corrected chi connectivity index (χ4v) is 0.335. The van der Waals surface area contributed by atoms with Crippen LogP contribution < -0.4 is 0 Å². The summed E-state index contributed by atoms with van der Waals surface area (Å²) in [4.78, 5) is 0. The molecule has 0 atom stereocenters. The minimum atomic E-state index is 0. The van der Waals surface area contributed by atoms with E-state index < -0.39 is 0 Å². The Morgan fingerprint density at radius 1 is 1.50 bits per heavy atom. The molecule has 0 N–H and O–H groups in total. The molecule has 0 aromatic rings. The van der Waals surface area contributed by atoms with Gasteiger partial charge in [0.25, 0.3) is 0 Å². The zero-order chi connectivity index (χ0) is 4.12. The molecule has 1 radical (unpaired) electrons. The first-order chi connectivity index (χ1) is 2.41. The van der Waals surface area contributed by atoms with Crippen molar-refractivity contribution in [1.29, 1.82) is 0 Å². The molecule has 2 heteroatoms. The van der Waals surface area contributed by atoms with Crippen LogP contribution in [0.4, 0.5) is 0 Å². The Morgan fingerprint density at radius 2 is 2.00 bits per heavy atom. The molecule has 0 bridgehead atoms. The van der Waals surface area contributed by atoms with Crippen molar-refractivity contribution in [1.82, 2.24) is 0 Å². The van der Waals surface area contributed by atoms with Crippen LogP contribution in [-0.4, -0.2) is 5.75 Å². The van der Waals surface area contributed by atoms with Crippen LogP contribution in [0.25, 0.3) is 0 Å². The minimum Gasteiger partial charge on any atom is -0.179 e. The summed E-state index contributed by atoms with van der Waals surface area (Å²) in [5, 5.41) is 0. The molecule has 33 valence electrons. The van der Waals surface area contributed by atoms with Crippen molar-refractivity contribution >= 4 is 12.6 Å². The van der Waals surface area contributed by atoms with Crippen LogP contribution in [0.1, 0.15) is 12.8 Å². The van der Waals surface area contributed by atoms with E-state index in [1.165, 1.54) is 0 Å². The molecule has 0 rings (SSSR count). The summed E-state index contributed by atoms with van der Waals surface area (Å²) in [6, 6.07) is 0. The van der Waals surface area contributed by atoms with Gasteiger partial charge in [0, 0.05) is 19.5 Å². The van der Waals surface area contributed by atoms with E-state index in [-0.39, 0.29) is 19.5 Å². The molecular weight excluding hydrogens is 146 g/mol. The number of hydrogen-bond donors (Lipinski definition) is 1. The van der Waals surface area contributed by atoms with Gasteiger partial charge >= 0.3 is 0 Å². The molecule has 0 saturated heterocycles. The Hall–Kier alpha value is 0.973. The van der Waals surface area contributed by atoms with Crippen LogP contribution in [-0.2, 0) is 19.5 Å². The zero-order valence-corrected chi connectivity index (χ0v) is 7.84. The molecule has 0 aliphatic rings. The van der Waals surface area contributed by atoms with Gasteiger partial charge in [-0.3, -0.25) is 0 Å².